The molecule has 1 aliphatic carbocycles. The van der Waals surface area contributed by atoms with Gasteiger partial charge in [0.15, 0.2) is 0 Å². The molecule has 2 atom stereocenters. The van der Waals surface area contributed by atoms with Crippen LogP contribution in [0.5, 0.6) is 0 Å². The maximum absolute atomic E-state index is 14.2. The predicted molar refractivity (Wildman–Crippen MR) is 106 cm³/mol. The Morgan fingerprint density at radius 3 is 2.55 bits per heavy atom. The maximum Gasteiger partial charge on any atom is 0.409 e. The van der Waals surface area contributed by atoms with E-state index < -0.39 is 6.09 Å². The molecule has 0 aromatic heterocycles. The van der Waals surface area contributed by atoms with Gasteiger partial charge >= 0.3 is 12.1 Å². The molecule has 1 heterocycles. The fraction of sp³-hybridized carbons (Fsp3) is 0.619. The lowest BCUT2D eigenvalue weighted by atomic mass is 9.94. The Labute approximate surface area is 170 Å². The number of ether oxygens (including phenoxy) is 1. The molecule has 0 radical (unpaired) electrons. The SMILES string of the molecule is COC(=O)N1C[C@@H](CO)C[C@@H](N(C(=O)NCc2cc(C)c(C)cc2F)C2CC2)C1. The Morgan fingerprint density at radius 2 is 1.93 bits per heavy atom. The third kappa shape index (κ3) is 4.98. The number of aliphatic hydroxyl groups is 1. The standard InChI is InChI=1S/C21H30FN3O4/c1-13-6-16(19(22)7-14(13)2)9-23-20(27)25(17-4-5-17)18-8-15(12-26)10-24(11-18)21(28)29-3/h6-7,15,17-18,26H,4-5,8-12H2,1-3H3,(H,23,27)/t15-,18+/m0/s1. The number of carbonyl (C=O) groups is 2. The minimum Gasteiger partial charge on any atom is -0.453 e. The van der Waals surface area contributed by atoms with Crippen LogP contribution >= 0.6 is 0 Å². The van der Waals surface area contributed by atoms with Crippen molar-refractivity contribution < 1.29 is 23.8 Å². The lowest BCUT2D eigenvalue weighted by Gasteiger charge is -2.41. The van der Waals surface area contributed by atoms with E-state index in [9.17, 15) is 19.1 Å². The monoisotopic (exact) mass is 407 g/mol. The maximum atomic E-state index is 14.2. The summed E-state index contributed by atoms with van der Waals surface area (Å²) in [4.78, 5) is 28.3. The van der Waals surface area contributed by atoms with Crippen LogP contribution in [0, 0.1) is 25.6 Å². The lowest BCUT2D eigenvalue weighted by molar-refractivity contribution is 0.0464. The number of piperidine rings is 1. The van der Waals surface area contributed by atoms with Gasteiger partial charge in [-0.1, -0.05) is 6.07 Å². The smallest absolute Gasteiger partial charge is 0.409 e. The molecule has 2 fully saturated rings. The number of amides is 3. The molecule has 0 bridgehead atoms. The highest BCUT2D eigenvalue weighted by atomic mass is 19.1. The molecule has 8 heteroatoms. The first-order valence-corrected chi connectivity index (χ1v) is 10.1. The van der Waals surface area contributed by atoms with Crippen LogP contribution in [-0.4, -0.2) is 65.9 Å². The van der Waals surface area contributed by atoms with Crippen LogP contribution in [0.2, 0.25) is 0 Å². The van der Waals surface area contributed by atoms with Gasteiger partial charge in [0.2, 0.25) is 0 Å². The number of urea groups is 1. The topological polar surface area (TPSA) is 82.1 Å². The number of nitrogens with zero attached hydrogens (tertiary/aromatic N) is 2. The molecular formula is C21H30FN3O4. The molecular weight excluding hydrogens is 377 g/mol. The van der Waals surface area contributed by atoms with Gasteiger partial charge in [-0.05, 0) is 50.3 Å². The summed E-state index contributed by atoms with van der Waals surface area (Å²) in [6, 6.07) is 2.88. The van der Waals surface area contributed by atoms with Crippen molar-refractivity contribution in [2.75, 3.05) is 26.8 Å². The highest BCUT2D eigenvalue weighted by molar-refractivity contribution is 5.75. The minimum absolute atomic E-state index is 0.0576. The molecule has 2 N–H and O–H groups in total. The molecule has 3 amide bonds. The molecule has 1 aromatic rings. The fourth-order valence-corrected chi connectivity index (χ4v) is 4.01. The Kier molecular flexibility index (Phi) is 6.62. The first-order valence-electron chi connectivity index (χ1n) is 10.1. The normalized spacial score (nSPS) is 21.6. The molecule has 1 aromatic carbocycles. The van der Waals surface area contributed by atoms with E-state index in [2.05, 4.69) is 5.32 Å². The zero-order valence-electron chi connectivity index (χ0n) is 17.3. The molecule has 1 saturated heterocycles. The van der Waals surface area contributed by atoms with E-state index in [4.69, 9.17) is 4.74 Å². The summed E-state index contributed by atoms with van der Waals surface area (Å²) < 4.78 is 19.1. The Balaban J connectivity index is 1.71. The van der Waals surface area contributed by atoms with E-state index in [1.54, 1.807) is 15.9 Å². The Bertz CT molecular complexity index is 769. The molecule has 1 aliphatic heterocycles. The molecule has 3 rings (SSSR count). The second-order valence-corrected chi connectivity index (χ2v) is 8.14. The van der Waals surface area contributed by atoms with Crippen molar-refractivity contribution >= 4 is 12.1 Å². The van der Waals surface area contributed by atoms with Crippen molar-refractivity contribution in [1.82, 2.24) is 15.1 Å². The van der Waals surface area contributed by atoms with Gasteiger partial charge in [0, 0.05) is 43.8 Å². The van der Waals surface area contributed by atoms with E-state index in [1.165, 1.54) is 13.2 Å². The summed E-state index contributed by atoms with van der Waals surface area (Å²) >= 11 is 0. The number of nitrogens with one attached hydrogen (secondary N) is 1. The van der Waals surface area contributed by atoms with E-state index in [0.717, 1.165) is 24.0 Å². The summed E-state index contributed by atoms with van der Waals surface area (Å²) in [5, 5.41) is 12.5. The number of halogens is 1. The van der Waals surface area contributed by atoms with Gasteiger partial charge in [-0.3, -0.25) is 0 Å². The predicted octanol–water partition coefficient (Wildman–Crippen LogP) is 2.57. The van der Waals surface area contributed by atoms with Crippen LogP contribution in [0.3, 0.4) is 0 Å². The largest absolute Gasteiger partial charge is 0.453 e. The summed E-state index contributed by atoms with van der Waals surface area (Å²) in [6.45, 7) is 4.58. The quantitative estimate of drug-likeness (QED) is 0.786. The van der Waals surface area contributed by atoms with Crippen molar-refractivity contribution in [3.8, 4) is 0 Å². The van der Waals surface area contributed by atoms with Crippen molar-refractivity contribution in [3.05, 3.63) is 34.6 Å². The number of rotatable bonds is 5. The van der Waals surface area contributed by atoms with Gasteiger partial charge in [-0.2, -0.15) is 0 Å². The van der Waals surface area contributed by atoms with Crippen molar-refractivity contribution in [2.24, 2.45) is 5.92 Å². The van der Waals surface area contributed by atoms with Gasteiger partial charge in [0.05, 0.1) is 13.2 Å². The van der Waals surface area contributed by atoms with Crippen LogP contribution in [-0.2, 0) is 11.3 Å². The number of benzene rings is 1. The minimum atomic E-state index is -0.457. The summed E-state index contributed by atoms with van der Waals surface area (Å²) in [5.41, 5.74) is 2.30. The first kappa shape index (κ1) is 21.4. The fourth-order valence-electron chi connectivity index (χ4n) is 4.01. The van der Waals surface area contributed by atoms with Crippen molar-refractivity contribution in [2.45, 2.75) is 51.7 Å². The van der Waals surface area contributed by atoms with E-state index >= 15 is 0 Å². The number of likely N-dealkylation sites (tertiary alicyclic amines) is 1. The summed E-state index contributed by atoms with van der Waals surface area (Å²) in [6.07, 6.45) is 1.97. The van der Waals surface area contributed by atoms with E-state index in [1.807, 2.05) is 13.8 Å². The summed E-state index contributed by atoms with van der Waals surface area (Å²) in [7, 11) is 1.32. The number of aryl methyl sites for hydroxylation is 2. The van der Waals surface area contributed by atoms with Gasteiger partial charge in [-0.15, -0.1) is 0 Å². The van der Waals surface area contributed by atoms with Crippen LogP contribution in [0.4, 0.5) is 14.0 Å². The van der Waals surface area contributed by atoms with Crippen LogP contribution in [0.1, 0.15) is 36.0 Å². The molecule has 0 spiro atoms. The number of methoxy groups -OCH3 is 1. The number of hydrogen-bond donors (Lipinski definition) is 2. The van der Waals surface area contributed by atoms with Crippen molar-refractivity contribution in [1.29, 1.82) is 0 Å². The average Bonchev–Trinajstić information content (AvgIpc) is 3.53. The Morgan fingerprint density at radius 1 is 1.24 bits per heavy atom. The molecule has 160 valence electrons. The number of carbonyl (C=O) groups excluding carboxylic acids is 2. The van der Waals surface area contributed by atoms with E-state index in [-0.39, 0.29) is 43.0 Å². The van der Waals surface area contributed by atoms with Gasteiger partial charge in [0.1, 0.15) is 5.82 Å². The van der Waals surface area contributed by atoms with Gasteiger partial charge < -0.3 is 25.0 Å². The Hall–Kier alpha value is -2.35. The molecule has 2 aliphatic rings. The van der Waals surface area contributed by atoms with Gasteiger partial charge in [-0.25, -0.2) is 14.0 Å². The zero-order valence-corrected chi connectivity index (χ0v) is 17.3. The lowest BCUT2D eigenvalue weighted by Crippen LogP contribution is -2.57. The van der Waals surface area contributed by atoms with Crippen molar-refractivity contribution in [3.63, 3.8) is 0 Å². The molecule has 29 heavy (non-hydrogen) atoms. The van der Waals surface area contributed by atoms with Gasteiger partial charge in [0.25, 0.3) is 0 Å². The highest BCUT2D eigenvalue weighted by Gasteiger charge is 2.42. The van der Waals surface area contributed by atoms with Crippen LogP contribution in [0.15, 0.2) is 12.1 Å². The highest BCUT2D eigenvalue weighted by Crippen LogP contribution is 2.33. The third-order valence-electron chi connectivity index (χ3n) is 5.87. The second kappa shape index (κ2) is 8.98. The zero-order chi connectivity index (χ0) is 21.1. The van der Waals surface area contributed by atoms with E-state index in [0.29, 0.717) is 25.1 Å². The second-order valence-electron chi connectivity index (χ2n) is 8.14. The molecule has 1 saturated carbocycles. The summed E-state index contributed by atoms with van der Waals surface area (Å²) in [5.74, 6) is -0.444. The first-order chi connectivity index (χ1) is 13.8. The number of aliphatic hydroxyl groups excluding tert-OH is 1. The molecule has 7 nitrogen and oxygen atoms in total. The number of hydrogen-bond acceptors (Lipinski definition) is 4. The molecule has 0 unspecified atom stereocenters. The third-order valence-corrected chi connectivity index (χ3v) is 5.87. The average molecular weight is 407 g/mol. The van der Waals surface area contributed by atoms with Crippen LogP contribution in [0.25, 0.3) is 0 Å². The van der Waals surface area contributed by atoms with Crippen LogP contribution < -0.4 is 5.32 Å².